The molecule has 0 spiro atoms. The lowest BCUT2D eigenvalue weighted by Crippen LogP contribution is -1.86. The molecule has 53 valence electrons. The van der Waals surface area contributed by atoms with Crippen molar-refractivity contribution in [1.29, 1.82) is 0 Å². The SMILES string of the molecule is COc1cccc(C[NH])c1. The van der Waals surface area contributed by atoms with Crippen LogP contribution in [0.3, 0.4) is 0 Å². The summed E-state index contributed by atoms with van der Waals surface area (Å²) in [6.07, 6.45) is 0. The lowest BCUT2D eigenvalue weighted by Gasteiger charge is -1.99. The van der Waals surface area contributed by atoms with E-state index in [0.29, 0.717) is 6.54 Å². The van der Waals surface area contributed by atoms with Gasteiger partial charge in [0.15, 0.2) is 0 Å². The third kappa shape index (κ3) is 1.48. The summed E-state index contributed by atoms with van der Waals surface area (Å²) in [5, 5.41) is 0. The van der Waals surface area contributed by atoms with Crippen LogP contribution in [0.15, 0.2) is 24.3 Å². The molecule has 1 aromatic carbocycles. The number of nitrogens with one attached hydrogen (secondary N) is 1. The van der Waals surface area contributed by atoms with E-state index in [9.17, 15) is 0 Å². The average Bonchev–Trinajstić information content (AvgIpc) is 2.05. The second-order valence-corrected chi connectivity index (χ2v) is 2.03. The van der Waals surface area contributed by atoms with Gasteiger partial charge in [0, 0.05) is 6.54 Å². The number of rotatable bonds is 2. The first kappa shape index (κ1) is 7.09. The van der Waals surface area contributed by atoms with Crippen LogP contribution in [0.5, 0.6) is 5.75 Å². The van der Waals surface area contributed by atoms with Gasteiger partial charge in [-0.1, -0.05) is 12.1 Å². The van der Waals surface area contributed by atoms with Gasteiger partial charge in [0.2, 0.25) is 0 Å². The number of benzene rings is 1. The van der Waals surface area contributed by atoms with Crippen molar-refractivity contribution in [3.05, 3.63) is 29.8 Å². The van der Waals surface area contributed by atoms with Crippen molar-refractivity contribution in [1.82, 2.24) is 5.73 Å². The fourth-order valence-corrected chi connectivity index (χ4v) is 0.782. The largest absolute Gasteiger partial charge is 0.497 e. The summed E-state index contributed by atoms with van der Waals surface area (Å²) in [5.41, 5.74) is 8.05. The van der Waals surface area contributed by atoms with Crippen LogP contribution in [-0.2, 0) is 6.54 Å². The predicted molar refractivity (Wildman–Crippen MR) is 39.8 cm³/mol. The summed E-state index contributed by atoms with van der Waals surface area (Å²) in [5.74, 6) is 0.824. The number of ether oxygens (including phenoxy) is 1. The van der Waals surface area contributed by atoms with Gasteiger partial charge in [-0.25, -0.2) is 0 Å². The molecule has 2 heteroatoms. The van der Waals surface area contributed by atoms with Crippen molar-refractivity contribution in [3.63, 3.8) is 0 Å². The van der Waals surface area contributed by atoms with Gasteiger partial charge in [-0.2, -0.15) is 0 Å². The number of hydrogen-bond acceptors (Lipinski definition) is 1. The highest BCUT2D eigenvalue weighted by molar-refractivity contribution is 5.27. The maximum atomic E-state index is 7.06. The molecule has 0 saturated heterocycles. The smallest absolute Gasteiger partial charge is 0.119 e. The Labute approximate surface area is 60.6 Å². The van der Waals surface area contributed by atoms with Gasteiger partial charge in [-0.05, 0) is 17.7 Å². The zero-order valence-electron chi connectivity index (χ0n) is 5.92. The summed E-state index contributed by atoms with van der Waals surface area (Å²) >= 11 is 0. The Morgan fingerprint density at radius 2 is 2.30 bits per heavy atom. The lowest BCUT2D eigenvalue weighted by atomic mass is 10.2. The zero-order valence-corrected chi connectivity index (χ0v) is 5.92. The monoisotopic (exact) mass is 136 g/mol. The van der Waals surface area contributed by atoms with Crippen LogP contribution in [-0.4, -0.2) is 7.11 Å². The third-order valence-corrected chi connectivity index (χ3v) is 1.34. The molecule has 0 amide bonds. The zero-order chi connectivity index (χ0) is 7.40. The fraction of sp³-hybridized carbons (Fsp3) is 0.250. The molecule has 0 saturated carbocycles. The molecule has 0 aliphatic rings. The Kier molecular flexibility index (Phi) is 2.29. The molecule has 0 aromatic heterocycles. The summed E-state index contributed by atoms with van der Waals surface area (Å²) in [7, 11) is 1.63. The van der Waals surface area contributed by atoms with Crippen molar-refractivity contribution >= 4 is 0 Å². The molecular formula is C8H10NO. The Bertz CT molecular complexity index is 191. The Balaban J connectivity index is 2.87. The van der Waals surface area contributed by atoms with E-state index in [0.717, 1.165) is 11.3 Å². The van der Waals surface area contributed by atoms with Gasteiger partial charge < -0.3 is 4.74 Å². The van der Waals surface area contributed by atoms with Crippen molar-refractivity contribution in [2.24, 2.45) is 0 Å². The van der Waals surface area contributed by atoms with E-state index in [1.807, 2.05) is 24.3 Å². The molecule has 0 aliphatic heterocycles. The Morgan fingerprint density at radius 3 is 2.90 bits per heavy atom. The van der Waals surface area contributed by atoms with Crippen LogP contribution in [0.2, 0.25) is 0 Å². The van der Waals surface area contributed by atoms with E-state index in [1.165, 1.54) is 0 Å². The molecule has 0 fully saturated rings. The molecule has 2 nitrogen and oxygen atoms in total. The molecule has 0 aliphatic carbocycles. The molecule has 0 heterocycles. The van der Waals surface area contributed by atoms with Crippen LogP contribution in [0.4, 0.5) is 0 Å². The van der Waals surface area contributed by atoms with Gasteiger partial charge in [-0.3, -0.25) is 5.73 Å². The summed E-state index contributed by atoms with van der Waals surface area (Å²) in [6.45, 7) is 0.317. The van der Waals surface area contributed by atoms with E-state index >= 15 is 0 Å². The molecule has 1 rings (SSSR count). The Morgan fingerprint density at radius 1 is 1.50 bits per heavy atom. The van der Waals surface area contributed by atoms with E-state index in [4.69, 9.17) is 10.5 Å². The lowest BCUT2D eigenvalue weighted by molar-refractivity contribution is 0.414. The molecule has 1 radical (unpaired) electrons. The highest BCUT2D eigenvalue weighted by Gasteiger charge is 1.91. The van der Waals surface area contributed by atoms with Gasteiger partial charge in [-0.15, -0.1) is 0 Å². The van der Waals surface area contributed by atoms with Gasteiger partial charge in [0.1, 0.15) is 5.75 Å². The van der Waals surface area contributed by atoms with Crippen LogP contribution < -0.4 is 10.5 Å². The molecule has 1 N–H and O–H groups in total. The second-order valence-electron chi connectivity index (χ2n) is 2.03. The predicted octanol–water partition coefficient (Wildman–Crippen LogP) is 1.48. The van der Waals surface area contributed by atoms with Crippen molar-refractivity contribution in [2.75, 3.05) is 7.11 Å². The maximum Gasteiger partial charge on any atom is 0.119 e. The first-order chi connectivity index (χ1) is 4.86. The maximum absolute atomic E-state index is 7.06. The summed E-state index contributed by atoms with van der Waals surface area (Å²) in [4.78, 5) is 0. The van der Waals surface area contributed by atoms with Crippen LogP contribution >= 0.6 is 0 Å². The summed E-state index contributed by atoms with van der Waals surface area (Å²) in [6, 6.07) is 7.55. The van der Waals surface area contributed by atoms with E-state index < -0.39 is 0 Å². The minimum Gasteiger partial charge on any atom is -0.497 e. The highest BCUT2D eigenvalue weighted by Crippen LogP contribution is 2.11. The standard InChI is InChI=1S/C8H10NO/c1-10-8-4-2-3-7(5-8)6-9/h2-5,9H,6H2,1H3. The van der Waals surface area contributed by atoms with Gasteiger partial charge in [0.05, 0.1) is 7.11 Å². The molecule has 0 bridgehead atoms. The first-order valence-electron chi connectivity index (χ1n) is 3.14. The third-order valence-electron chi connectivity index (χ3n) is 1.34. The van der Waals surface area contributed by atoms with E-state index in [-0.39, 0.29) is 0 Å². The van der Waals surface area contributed by atoms with Crippen molar-refractivity contribution in [3.8, 4) is 5.75 Å². The molecule has 10 heavy (non-hydrogen) atoms. The minimum absolute atomic E-state index is 0.317. The molecule has 0 atom stereocenters. The molecule has 0 unspecified atom stereocenters. The number of methoxy groups -OCH3 is 1. The average molecular weight is 136 g/mol. The Hall–Kier alpha value is -1.02. The van der Waals surface area contributed by atoms with Gasteiger partial charge >= 0.3 is 0 Å². The van der Waals surface area contributed by atoms with Gasteiger partial charge in [0.25, 0.3) is 0 Å². The molecule has 1 aromatic rings. The van der Waals surface area contributed by atoms with Crippen molar-refractivity contribution in [2.45, 2.75) is 6.54 Å². The number of hydrogen-bond donors (Lipinski definition) is 0. The quantitative estimate of drug-likeness (QED) is 0.606. The normalized spacial score (nSPS) is 9.40. The molecular weight excluding hydrogens is 126 g/mol. The van der Waals surface area contributed by atoms with Crippen molar-refractivity contribution < 1.29 is 4.74 Å². The van der Waals surface area contributed by atoms with E-state index in [1.54, 1.807) is 7.11 Å². The van der Waals surface area contributed by atoms with E-state index in [2.05, 4.69) is 0 Å². The fourth-order valence-electron chi connectivity index (χ4n) is 0.782. The topological polar surface area (TPSA) is 33.0 Å². The van der Waals surface area contributed by atoms with Crippen LogP contribution in [0.25, 0.3) is 0 Å². The van der Waals surface area contributed by atoms with Crippen LogP contribution in [0.1, 0.15) is 5.56 Å². The van der Waals surface area contributed by atoms with Crippen LogP contribution in [0, 0.1) is 0 Å². The minimum atomic E-state index is 0.317. The first-order valence-corrected chi connectivity index (χ1v) is 3.14. The second kappa shape index (κ2) is 3.22. The summed E-state index contributed by atoms with van der Waals surface area (Å²) < 4.78 is 4.97. The highest BCUT2D eigenvalue weighted by atomic mass is 16.5.